The zero-order valence-corrected chi connectivity index (χ0v) is 51.8. The number of nitrogens with zero attached hydrogens (tertiary/aromatic N) is 2. The highest BCUT2D eigenvalue weighted by Crippen LogP contribution is 2.21. The minimum atomic E-state index is -1.82. The van der Waals surface area contributed by atoms with Crippen LogP contribution in [-0.2, 0) is 54.4 Å². The normalized spacial score (nSPS) is 16.1. The minimum absolute atomic E-state index is 0.0145. The van der Waals surface area contributed by atoms with Gasteiger partial charge in [0.15, 0.2) is 5.96 Å². The van der Waals surface area contributed by atoms with Crippen LogP contribution < -0.4 is 104 Å². The van der Waals surface area contributed by atoms with Gasteiger partial charge in [0, 0.05) is 51.0 Å². The SMILES string of the molecule is CNC(CCCCN)C(=O)N[C@H](C(=O)N[C@H](C(=O)NCC(=O)N[C@H](CCCN)C(=O)N1CCC[C@H]1C(=O)NC(Cc1cnc[nH]1)C(=O)N[C@@H](CCCCN)C(=O)N/C(=C\CCNC(=N)N)C(=O)N[C@@H](CCCCN)C(=O)NCCCCN)[C@@H](O)CN)[C@@H](O)CN. The summed E-state index contributed by atoms with van der Waals surface area (Å²) in [5, 5.41) is 57.6. The molecule has 1 saturated heterocycles. The van der Waals surface area contributed by atoms with Crippen molar-refractivity contribution >= 4 is 65.0 Å². The number of guanidine groups is 1. The average molecular weight is 1280 g/mol. The van der Waals surface area contributed by atoms with E-state index in [1.807, 2.05) is 0 Å². The van der Waals surface area contributed by atoms with Gasteiger partial charge in [-0.1, -0.05) is 12.5 Å². The number of aliphatic hydroxyl groups is 2. The van der Waals surface area contributed by atoms with Gasteiger partial charge in [0.1, 0.15) is 48.0 Å². The Labute approximate surface area is 525 Å². The Bertz CT molecular complexity index is 2420. The number of nitrogens with two attached hydrogens (primary N) is 8. The highest BCUT2D eigenvalue weighted by atomic mass is 16.3. The number of imidazole rings is 1. The van der Waals surface area contributed by atoms with Gasteiger partial charge in [-0.3, -0.25) is 53.4 Å². The Kier molecular flexibility index (Phi) is 39.2. The van der Waals surface area contributed by atoms with Crippen LogP contribution in [0.3, 0.4) is 0 Å². The zero-order chi connectivity index (χ0) is 67.0. The summed E-state index contributed by atoms with van der Waals surface area (Å²) in [5.74, 6) is -8.54. The number of H-pyrrole nitrogens is 1. The van der Waals surface area contributed by atoms with Crippen LogP contribution in [0.4, 0.5) is 0 Å². The lowest BCUT2D eigenvalue weighted by Gasteiger charge is -2.30. The van der Waals surface area contributed by atoms with Crippen molar-refractivity contribution in [1.29, 1.82) is 5.41 Å². The summed E-state index contributed by atoms with van der Waals surface area (Å²) >= 11 is 0. The third kappa shape index (κ3) is 29.0. The third-order valence-corrected chi connectivity index (χ3v) is 14.6. The molecule has 2 unspecified atom stereocenters. The Hall–Kier alpha value is -7.48. The molecule has 0 saturated carbocycles. The topological polar surface area (TPSA) is 607 Å². The quantitative estimate of drug-likeness (QED) is 0.0125. The van der Waals surface area contributed by atoms with Crippen molar-refractivity contribution in [3.8, 4) is 0 Å². The van der Waals surface area contributed by atoms with E-state index in [-0.39, 0.29) is 82.8 Å². The van der Waals surface area contributed by atoms with Gasteiger partial charge < -0.3 is 124 Å². The number of aliphatic hydroxyl groups excluding tert-OH is 2. The van der Waals surface area contributed by atoms with E-state index in [2.05, 4.69) is 68.5 Å². The number of carbonyl (C=O) groups excluding carboxylic acids is 10. The molecule has 1 fully saturated rings. The van der Waals surface area contributed by atoms with Crippen LogP contribution in [0.15, 0.2) is 24.3 Å². The summed E-state index contributed by atoms with van der Waals surface area (Å²) in [6.07, 6.45) is 6.19. The molecular formula is C55H103N23O12. The van der Waals surface area contributed by atoms with Crippen LogP contribution in [0.5, 0.6) is 0 Å². The van der Waals surface area contributed by atoms with Gasteiger partial charge in [-0.2, -0.15) is 0 Å². The molecule has 1 aromatic heterocycles. The summed E-state index contributed by atoms with van der Waals surface area (Å²) in [4.78, 5) is 147. The molecule has 0 spiro atoms. The monoisotopic (exact) mass is 1280 g/mol. The second-order valence-electron chi connectivity index (χ2n) is 21.7. The van der Waals surface area contributed by atoms with Crippen molar-refractivity contribution in [2.24, 2.45) is 45.9 Å². The molecule has 0 aromatic carbocycles. The number of hydrogen-bond acceptors (Lipinski definition) is 22. The molecule has 0 radical (unpaired) electrons. The number of carbonyl (C=O) groups is 10. The number of likely N-dealkylation sites (N-methyl/N-ethyl adjacent to an activating group) is 1. The number of hydrogen-bond donors (Lipinski definition) is 23. The molecule has 0 aliphatic carbocycles. The molecule has 31 N–H and O–H groups in total. The molecular weight excluding hydrogens is 1170 g/mol. The maximum absolute atomic E-state index is 14.5. The highest BCUT2D eigenvalue weighted by Gasteiger charge is 2.40. The first kappa shape index (κ1) is 78.6. The van der Waals surface area contributed by atoms with Crippen LogP contribution >= 0.6 is 0 Å². The maximum atomic E-state index is 14.5. The molecule has 2 heterocycles. The van der Waals surface area contributed by atoms with E-state index in [0.29, 0.717) is 96.1 Å². The van der Waals surface area contributed by atoms with Gasteiger partial charge in [0.2, 0.25) is 53.2 Å². The number of aromatic nitrogens is 2. The molecule has 1 aliphatic heterocycles. The Morgan fingerprint density at radius 2 is 1.18 bits per heavy atom. The van der Waals surface area contributed by atoms with Gasteiger partial charge in [-0.25, -0.2) is 4.98 Å². The zero-order valence-electron chi connectivity index (χ0n) is 51.8. The van der Waals surface area contributed by atoms with Crippen LogP contribution in [0, 0.1) is 5.41 Å². The average Bonchev–Trinajstić information content (AvgIpc) is 2.14. The van der Waals surface area contributed by atoms with E-state index in [4.69, 9.17) is 51.3 Å². The number of unbranched alkanes of at least 4 members (excludes halogenated alkanes) is 4. The number of nitrogens with one attached hydrogen (secondary N) is 13. The first-order valence-corrected chi connectivity index (χ1v) is 30.8. The van der Waals surface area contributed by atoms with Gasteiger partial charge in [0.05, 0.1) is 31.1 Å². The van der Waals surface area contributed by atoms with E-state index < -0.39 is 139 Å². The second kappa shape index (κ2) is 44.9. The highest BCUT2D eigenvalue weighted by molar-refractivity contribution is 6.02. The number of aromatic amines is 1. The fourth-order valence-electron chi connectivity index (χ4n) is 9.52. The predicted molar refractivity (Wildman–Crippen MR) is 334 cm³/mol. The molecule has 10 atom stereocenters. The number of likely N-dealkylation sites (tertiary alicyclic amines) is 1. The summed E-state index contributed by atoms with van der Waals surface area (Å²) in [5.41, 5.74) is 45.5. The van der Waals surface area contributed by atoms with E-state index in [9.17, 15) is 58.2 Å². The molecule has 35 heteroatoms. The van der Waals surface area contributed by atoms with E-state index in [1.54, 1.807) is 0 Å². The van der Waals surface area contributed by atoms with E-state index in [1.165, 1.54) is 30.5 Å². The molecule has 0 bridgehead atoms. The smallest absolute Gasteiger partial charge is 0.268 e. The predicted octanol–water partition coefficient (Wildman–Crippen LogP) is -8.95. The van der Waals surface area contributed by atoms with Gasteiger partial charge >= 0.3 is 0 Å². The summed E-state index contributed by atoms with van der Waals surface area (Å²) in [7, 11) is 1.53. The second-order valence-corrected chi connectivity index (χ2v) is 21.7. The Morgan fingerprint density at radius 1 is 0.622 bits per heavy atom. The molecule has 35 nitrogen and oxygen atoms in total. The van der Waals surface area contributed by atoms with Crippen LogP contribution in [-0.4, -0.2) is 230 Å². The summed E-state index contributed by atoms with van der Waals surface area (Å²) in [6, 6.07) is -10.6. The first-order valence-electron chi connectivity index (χ1n) is 30.8. The Balaban J connectivity index is 2.39. The van der Waals surface area contributed by atoms with Crippen molar-refractivity contribution < 1.29 is 58.2 Å². The largest absolute Gasteiger partial charge is 0.389 e. The summed E-state index contributed by atoms with van der Waals surface area (Å²) < 4.78 is 0. The van der Waals surface area contributed by atoms with Crippen molar-refractivity contribution in [3.63, 3.8) is 0 Å². The van der Waals surface area contributed by atoms with Gasteiger partial charge in [0.25, 0.3) is 5.91 Å². The Morgan fingerprint density at radius 3 is 1.74 bits per heavy atom. The van der Waals surface area contributed by atoms with Gasteiger partial charge in [-0.15, -0.1) is 0 Å². The lowest BCUT2D eigenvalue weighted by molar-refractivity contribution is -0.142. The summed E-state index contributed by atoms with van der Waals surface area (Å²) in [6.45, 7) is 0.0864. The molecule has 90 heavy (non-hydrogen) atoms. The lowest BCUT2D eigenvalue weighted by atomic mass is 10.0. The molecule has 10 amide bonds. The third-order valence-electron chi connectivity index (χ3n) is 14.6. The molecule has 510 valence electrons. The van der Waals surface area contributed by atoms with Crippen molar-refractivity contribution in [2.75, 3.05) is 79.0 Å². The molecule has 1 aliphatic rings. The van der Waals surface area contributed by atoms with Crippen molar-refractivity contribution in [3.05, 3.63) is 30.0 Å². The fraction of sp³-hybridized carbons (Fsp3) is 0.709. The standard InChI is InChI=1S/C55H103N23O12/c1-65-34(13-2-5-19-56)47(83)76-45(42(80)29-62)53(89)77-44(41(79)28-61)52(88)69-31-43(81)71-38(16-10-23-60)54(90)78-26-12-18-40(78)51(87)75-39(27-33-30-66-32-70-33)50(86)74-36(15-4-7-21-58)48(84)73-37(17-11-25-68-55(63)64)49(85)72-35(14-3-6-20-57)46(82)67-24-9-8-22-59/h17,30,32,34-36,38-42,44-45,65,79-80H,2-16,18-29,31,56-62H2,1H3,(H,66,70)(H,67,82)(H,69,88)(H,71,81)(H,72,85)(H,73,84)(H,74,86)(H,75,87)(H,76,83)(H,77,89)(H4,63,64,68)/b37-17-/t34?,35-,36-,38+,39?,40-,41-,42-,44-,45-/m0/s1. The molecule has 2 rings (SSSR count). The number of amides is 10. The molecule has 1 aromatic rings. The van der Waals surface area contributed by atoms with Crippen LogP contribution in [0.2, 0.25) is 0 Å². The fourth-order valence-corrected chi connectivity index (χ4v) is 9.52. The minimum Gasteiger partial charge on any atom is -0.389 e. The van der Waals surface area contributed by atoms with Crippen molar-refractivity contribution in [1.82, 2.24) is 73.4 Å². The lowest BCUT2D eigenvalue weighted by Crippen LogP contribution is -2.63. The van der Waals surface area contributed by atoms with E-state index in [0.717, 1.165) is 0 Å². The first-order chi connectivity index (χ1) is 43.1. The van der Waals surface area contributed by atoms with Crippen LogP contribution in [0.1, 0.15) is 108 Å². The maximum Gasteiger partial charge on any atom is 0.268 e. The van der Waals surface area contributed by atoms with Crippen LogP contribution in [0.25, 0.3) is 0 Å². The number of rotatable bonds is 47. The van der Waals surface area contributed by atoms with Gasteiger partial charge in [-0.05, 0) is 136 Å². The van der Waals surface area contributed by atoms with E-state index >= 15 is 0 Å². The van der Waals surface area contributed by atoms with Crippen molar-refractivity contribution in [2.45, 2.75) is 170 Å².